The zero-order chi connectivity index (χ0) is 13.6. The highest BCUT2D eigenvalue weighted by atomic mass is 32.2. The lowest BCUT2D eigenvalue weighted by Gasteiger charge is -2.17. The van der Waals surface area contributed by atoms with E-state index < -0.39 is 9.84 Å². The van der Waals surface area contributed by atoms with E-state index in [2.05, 4.69) is 5.32 Å². The van der Waals surface area contributed by atoms with E-state index in [4.69, 9.17) is 5.11 Å². The molecule has 0 aliphatic rings. The maximum atomic E-state index is 12.3. The molecule has 0 saturated carbocycles. The Morgan fingerprint density at radius 2 is 2.00 bits per heavy atom. The molecular weight excluding hydrogens is 250 g/mol. The van der Waals surface area contributed by atoms with E-state index in [-0.39, 0.29) is 18.4 Å². The van der Waals surface area contributed by atoms with Gasteiger partial charge < -0.3 is 10.4 Å². The SMILES string of the molecule is CCNC(CCO)CS(=O)(=O)c1ccccc1C. The Hall–Kier alpha value is -0.910. The molecule has 1 rings (SSSR count). The van der Waals surface area contributed by atoms with Crippen molar-refractivity contribution in [3.8, 4) is 0 Å². The normalized spacial score (nSPS) is 13.5. The number of hydrogen-bond donors (Lipinski definition) is 2. The minimum Gasteiger partial charge on any atom is -0.396 e. The quantitative estimate of drug-likeness (QED) is 0.780. The zero-order valence-corrected chi connectivity index (χ0v) is 11.7. The highest BCUT2D eigenvalue weighted by molar-refractivity contribution is 7.91. The Labute approximate surface area is 109 Å². The molecule has 1 aromatic carbocycles. The Morgan fingerprint density at radius 3 is 2.56 bits per heavy atom. The standard InChI is InChI=1S/C13H21NO3S/c1-3-14-12(8-9-15)10-18(16,17)13-7-5-4-6-11(13)2/h4-7,12,14-15H,3,8-10H2,1-2H3. The number of aliphatic hydroxyl groups is 1. The fraction of sp³-hybridized carbons (Fsp3) is 0.538. The fourth-order valence-electron chi connectivity index (χ4n) is 1.95. The lowest BCUT2D eigenvalue weighted by atomic mass is 10.2. The molecule has 0 aromatic heterocycles. The summed E-state index contributed by atoms with van der Waals surface area (Å²) in [5, 5.41) is 12.0. The molecule has 5 heteroatoms. The van der Waals surface area contributed by atoms with Gasteiger partial charge in [-0.05, 0) is 31.5 Å². The van der Waals surface area contributed by atoms with Crippen LogP contribution in [0.2, 0.25) is 0 Å². The van der Waals surface area contributed by atoms with Gasteiger partial charge in [-0.1, -0.05) is 25.1 Å². The van der Waals surface area contributed by atoms with Crippen LogP contribution in [0.25, 0.3) is 0 Å². The largest absolute Gasteiger partial charge is 0.396 e. The second-order valence-corrected chi connectivity index (χ2v) is 6.32. The monoisotopic (exact) mass is 271 g/mol. The zero-order valence-electron chi connectivity index (χ0n) is 10.9. The number of aryl methyl sites for hydroxylation is 1. The van der Waals surface area contributed by atoms with E-state index in [0.29, 0.717) is 17.9 Å². The van der Waals surface area contributed by atoms with Crippen molar-refractivity contribution in [2.75, 3.05) is 18.9 Å². The first kappa shape index (κ1) is 15.1. The molecule has 0 spiro atoms. The van der Waals surface area contributed by atoms with Crippen LogP contribution in [0.1, 0.15) is 18.9 Å². The summed E-state index contributed by atoms with van der Waals surface area (Å²) in [7, 11) is -3.31. The average molecular weight is 271 g/mol. The predicted octanol–water partition coefficient (Wildman–Crippen LogP) is 1.13. The summed E-state index contributed by atoms with van der Waals surface area (Å²) >= 11 is 0. The molecule has 1 unspecified atom stereocenters. The number of sulfone groups is 1. The summed E-state index contributed by atoms with van der Waals surface area (Å²) in [4.78, 5) is 0.380. The third-order valence-electron chi connectivity index (χ3n) is 2.82. The van der Waals surface area contributed by atoms with E-state index in [1.807, 2.05) is 13.0 Å². The third-order valence-corrected chi connectivity index (χ3v) is 4.79. The van der Waals surface area contributed by atoms with E-state index in [1.54, 1.807) is 25.1 Å². The number of aliphatic hydroxyl groups excluding tert-OH is 1. The second kappa shape index (κ2) is 6.87. The second-order valence-electron chi connectivity index (χ2n) is 4.31. The first-order valence-corrected chi connectivity index (χ1v) is 7.79. The van der Waals surface area contributed by atoms with E-state index in [0.717, 1.165) is 5.56 Å². The van der Waals surface area contributed by atoms with Crippen LogP contribution in [0.5, 0.6) is 0 Å². The first-order chi connectivity index (χ1) is 8.51. The van der Waals surface area contributed by atoms with Crippen molar-refractivity contribution in [1.82, 2.24) is 5.32 Å². The van der Waals surface area contributed by atoms with Crippen molar-refractivity contribution < 1.29 is 13.5 Å². The fourth-order valence-corrected chi connectivity index (χ4v) is 3.79. The van der Waals surface area contributed by atoms with Gasteiger partial charge in [-0.25, -0.2) is 8.42 Å². The summed E-state index contributed by atoms with van der Waals surface area (Å²) in [6.07, 6.45) is 0.443. The van der Waals surface area contributed by atoms with Crippen LogP contribution >= 0.6 is 0 Å². The van der Waals surface area contributed by atoms with E-state index in [1.165, 1.54) is 0 Å². The third kappa shape index (κ3) is 4.08. The van der Waals surface area contributed by atoms with Gasteiger partial charge in [0.05, 0.1) is 10.6 Å². The minimum atomic E-state index is -3.31. The average Bonchev–Trinajstić information content (AvgIpc) is 2.29. The number of benzene rings is 1. The molecule has 0 aliphatic carbocycles. The minimum absolute atomic E-state index is 0.0129. The van der Waals surface area contributed by atoms with Gasteiger partial charge in [-0.3, -0.25) is 0 Å². The van der Waals surface area contributed by atoms with Crippen LogP contribution in [0.4, 0.5) is 0 Å². The lowest BCUT2D eigenvalue weighted by Crippen LogP contribution is -2.36. The molecule has 0 amide bonds. The van der Waals surface area contributed by atoms with Crippen molar-refractivity contribution in [3.05, 3.63) is 29.8 Å². The highest BCUT2D eigenvalue weighted by Gasteiger charge is 2.21. The summed E-state index contributed by atoms with van der Waals surface area (Å²) < 4.78 is 24.6. The topological polar surface area (TPSA) is 66.4 Å². The molecule has 4 nitrogen and oxygen atoms in total. The van der Waals surface area contributed by atoms with Gasteiger partial charge >= 0.3 is 0 Å². The number of nitrogens with one attached hydrogen (secondary N) is 1. The Bertz CT molecular complexity index is 465. The van der Waals surface area contributed by atoms with Gasteiger partial charge in [0.1, 0.15) is 0 Å². The Balaban J connectivity index is 2.90. The molecule has 18 heavy (non-hydrogen) atoms. The lowest BCUT2D eigenvalue weighted by molar-refractivity contribution is 0.270. The van der Waals surface area contributed by atoms with Crippen molar-refractivity contribution in [2.45, 2.75) is 31.2 Å². The molecule has 0 fully saturated rings. The summed E-state index contributed by atoms with van der Waals surface area (Å²) in [5.74, 6) is 0.0201. The van der Waals surface area contributed by atoms with Crippen LogP contribution in [-0.2, 0) is 9.84 Å². The molecule has 1 aromatic rings. The van der Waals surface area contributed by atoms with E-state index in [9.17, 15) is 8.42 Å². The predicted molar refractivity (Wildman–Crippen MR) is 72.4 cm³/mol. The Morgan fingerprint density at radius 1 is 1.33 bits per heavy atom. The van der Waals surface area contributed by atoms with Gasteiger partial charge in [-0.2, -0.15) is 0 Å². The summed E-state index contributed by atoms with van der Waals surface area (Å²) in [6, 6.07) is 6.77. The molecule has 0 bridgehead atoms. The van der Waals surface area contributed by atoms with E-state index >= 15 is 0 Å². The van der Waals surface area contributed by atoms with Gasteiger partial charge in [0.25, 0.3) is 0 Å². The molecule has 0 radical (unpaired) electrons. The smallest absolute Gasteiger partial charge is 0.180 e. The highest BCUT2D eigenvalue weighted by Crippen LogP contribution is 2.17. The molecule has 1 atom stereocenters. The van der Waals surface area contributed by atoms with Crippen LogP contribution in [-0.4, -0.2) is 38.5 Å². The molecular formula is C13H21NO3S. The van der Waals surface area contributed by atoms with Crippen molar-refractivity contribution in [1.29, 1.82) is 0 Å². The number of hydrogen-bond acceptors (Lipinski definition) is 4. The van der Waals surface area contributed by atoms with Crippen molar-refractivity contribution in [2.24, 2.45) is 0 Å². The van der Waals surface area contributed by atoms with Crippen molar-refractivity contribution in [3.63, 3.8) is 0 Å². The summed E-state index contributed by atoms with van der Waals surface area (Å²) in [5.41, 5.74) is 0.761. The van der Waals surface area contributed by atoms with Gasteiger partial charge in [0.2, 0.25) is 0 Å². The maximum Gasteiger partial charge on any atom is 0.180 e. The van der Waals surface area contributed by atoms with Crippen LogP contribution in [0.15, 0.2) is 29.2 Å². The van der Waals surface area contributed by atoms with Gasteiger partial charge in [0, 0.05) is 12.6 Å². The molecule has 0 aliphatic heterocycles. The van der Waals surface area contributed by atoms with Crippen LogP contribution in [0.3, 0.4) is 0 Å². The maximum absolute atomic E-state index is 12.3. The molecule has 102 valence electrons. The van der Waals surface area contributed by atoms with Crippen molar-refractivity contribution >= 4 is 9.84 Å². The first-order valence-electron chi connectivity index (χ1n) is 6.14. The molecule has 0 heterocycles. The van der Waals surface area contributed by atoms with Crippen LogP contribution in [0, 0.1) is 6.92 Å². The number of rotatable bonds is 7. The summed E-state index contributed by atoms with van der Waals surface area (Å²) in [6.45, 7) is 4.39. The molecule has 2 N–H and O–H groups in total. The van der Waals surface area contributed by atoms with Gasteiger partial charge in [0.15, 0.2) is 9.84 Å². The van der Waals surface area contributed by atoms with Gasteiger partial charge in [-0.15, -0.1) is 0 Å². The Kier molecular flexibility index (Phi) is 5.78. The van der Waals surface area contributed by atoms with Crippen LogP contribution < -0.4 is 5.32 Å². The molecule has 0 saturated heterocycles.